The maximum absolute atomic E-state index is 12.8. The molecule has 1 aliphatic heterocycles. The number of hydrogen-bond acceptors (Lipinski definition) is 4. The number of rotatable bonds is 4. The van der Waals surface area contributed by atoms with E-state index in [0.29, 0.717) is 30.9 Å². The summed E-state index contributed by atoms with van der Waals surface area (Å²) in [5.41, 5.74) is 2.39. The molecule has 1 aromatic rings. The number of aromatic nitrogens is 1. The van der Waals surface area contributed by atoms with Crippen molar-refractivity contribution in [3.8, 4) is 0 Å². The van der Waals surface area contributed by atoms with Crippen molar-refractivity contribution in [2.24, 2.45) is 0 Å². The normalized spacial score (nSPS) is 22.0. The lowest BCUT2D eigenvalue weighted by atomic mass is 10.1. The summed E-state index contributed by atoms with van der Waals surface area (Å²) < 4.78 is 26.0. The number of aryl methyl sites for hydroxylation is 1. The Morgan fingerprint density at radius 2 is 1.96 bits per heavy atom. The van der Waals surface area contributed by atoms with Crippen LogP contribution in [0.15, 0.2) is 12.1 Å². The first-order chi connectivity index (χ1) is 11.3. The summed E-state index contributed by atoms with van der Waals surface area (Å²) in [6, 6.07) is 3.79. The zero-order chi connectivity index (χ0) is 17.5. The van der Waals surface area contributed by atoms with Gasteiger partial charge in [0.1, 0.15) is 0 Å². The lowest BCUT2D eigenvalue weighted by Crippen LogP contribution is -2.48. The van der Waals surface area contributed by atoms with Crippen LogP contribution < -0.4 is 0 Å². The van der Waals surface area contributed by atoms with Crippen LogP contribution in [0.1, 0.15) is 53.3 Å². The molecule has 2 fully saturated rings. The third-order valence-corrected chi connectivity index (χ3v) is 7.17. The van der Waals surface area contributed by atoms with Crippen molar-refractivity contribution in [2.75, 3.05) is 27.2 Å². The maximum atomic E-state index is 12.8. The van der Waals surface area contributed by atoms with E-state index in [-0.39, 0.29) is 12.5 Å². The van der Waals surface area contributed by atoms with Crippen LogP contribution in [-0.2, 0) is 10.0 Å². The molecule has 1 atom stereocenters. The fraction of sp³-hybridized carbons (Fsp3) is 0.647. The van der Waals surface area contributed by atoms with Gasteiger partial charge in [-0.25, -0.2) is 12.7 Å². The van der Waals surface area contributed by atoms with Crippen LogP contribution in [0.3, 0.4) is 0 Å². The number of carbonyl (C=O) groups is 1. The molecule has 6 nitrogen and oxygen atoms in total. The number of nitrogens with zero attached hydrogens (tertiary/aromatic N) is 3. The SMILES string of the molecule is Cc1nc(C2CC2)ccc1C(=O)N1CCC[C@@H](S(=O)(=O)N(C)C)C1. The predicted octanol–water partition coefficient (Wildman–Crippen LogP) is 1.76. The third kappa shape index (κ3) is 3.32. The van der Waals surface area contributed by atoms with Crippen LogP contribution in [0.4, 0.5) is 0 Å². The molecule has 0 spiro atoms. The predicted molar refractivity (Wildman–Crippen MR) is 92.5 cm³/mol. The fourth-order valence-corrected chi connectivity index (χ4v) is 4.68. The number of piperidine rings is 1. The molecule has 1 saturated carbocycles. The number of hydrogen-bond donors (Lipinski definition) is 0. The largest absolute Gasteiger partial charge is 0.337 e. The zero-order valence-corrected chi connectivity index (χ0v) is 15.3. The van der Waals surface area contributed by atoms with Crippen molar-refractivity contribution in [3.63, 3.8) is 0 Å². The average Bonchev–Trinajstić information content (AvgIpc) is 3.39. The molecule has 2 heterocycles. The molecule has 1 aromatic heterocycles. The van der Waals surface area contributed by atoms with E-state index in [1.807, 2.05) is 19.1 Å². The van der Waals surface area contributed by atoms with E-state index in [1.165, 1.54) is 17.1 Å². The monoisotopic (exact) mass is 351 g/mol. The molecule has 1 amide bonds. The molecule has 0 radical (unpaired) electrons. The molecule has 0 aromatic carbocycles. The second kappa shape index (κ2) is 6.44. The number of carbonyl (C=O) groups excluding carboxylic acids is 1. The topological polar surface area (TPSA) is 70.6 Å². The summed E-state index contributed by atoms with van der Waals surface area (Å²) >= 11 is 0. The van der Waals surface area contributed by atoms with E-state index in [2.05, 4.69) is 4.98 Å². The van der Waals surface area contributed by atoms with Gasteiger partial charge in [0.2, 0.25) is 10.0 Å². The molecular weight excluding hydrogens is 326 g/mol. The van der Waals surface area contributed by atoms with Crippen molar-refractivity contribution in [3.05, 3.63) is 29.1 Å². The van der Waals surface area contributed by atoms with Crippen LogP contribution in [0.5, 0.6) is 0 Å². The fourth-order valence-electron chi connectivity index (χ4n) is 3.25. The van der Waals surface area contributed by atoms with Crippen molar-refractivity contribution >= 4 is 15.9 Å². The van der Waals surface area contributed by atoms with Gasteiger partial charge in [0.05, 0.1) is 16.5 Å². The first kappa shape index (κ1) is 17.4. The second-order valence-electron chi connectivity index (χ2n) is 6.99. The Kier molecular flexibility index (Phi) is 4.66. The van der Waals surface area contributed by atoms with E-state index in [4.69, 9.17) is 0 Å². The van der Waals surface area contributed by atoms with Gasteiger partial charge in [-0.1, -0.05) is 0 Å². The summed E-state index contributed by atoms with van der Waals surface area (Å²) in [4.78, 5) is 19.1. The van der Waals surface area contributed by atoms with Crippen LogP contribution in [0.2, 0.25) is 0 Å². The highest BCUT2D eigenvalue weighted by molar-refractivity contribution is 7.89. The molecule has 7 heteroatoms. The molecule has 0 bridgehead atoms. The molecule has 1 saturated heterocycles. The van der Waals surface area contributed by atoms with Crippen LogP contribution in [0, 0.1) is 6.92 Å². The highest BCUT2D eigenvalue weighted by atomic mass is 32.2. The smallest absolute Gasteiger partial charge is 0.255 e. The Labute approximate surface area is 143 Å². The van der Waals surface area contributed by atoms with Crippen molar-refractivity contribution in [1.29, 1.82) is 0 Å². The molecule has 24 heavy (non-hydrogen) atoms. The van der Waals surface area contributed by atoms with Crippen LogP contribution >= 0.6 is 0 Å². The third-order valence-electron chi connectivity index (χ3n) is 4.93. The Morgan fingerprint density at radius 1 is 1.25 bits per heavy atom. The Bertz CT molecular complexity index is 741. The van der Waals surface area contributed by atoms with Gasteiger partial charge < -0.3 is 4.90 Å². The molecular formula is C17H25N3O3S. The van der Waals surface area contributed by atoms with Crippen LogP contribution in [0.25, 0.3) is 0 Å². The lowest BCUT2D eigenvalue weighted by molar-refractivity contribution is 0.0724. The van der Waals surface area contributed by atoms with Crippen LogP contribution in [-0.4, -0.2) is 60.9 Å². The van der Waals surface area contributed by atoms with Crippen molar-refractivity contribution < 1.29 is 13.2 Å². The standard InChI is InChI=1S/C17H25N3O3S/c1-12-15(8-9-16(18-12)13-6-7-13)17(21)20-10-4-5-14(11-20)24(22,23)19(2)3/h8-9,13-14H,4-7,10-11H2,1-3H3/t14-/m1/s1. The quantitative estimate of drug-likeness (QED) is 0.829. The number of amides is 1. The van der Waals surface area contributed by atoms with E-state index >= 15 is 0 Å². The van der Waals surface area contributed by atoms with Gasteiger partial charge in [0, 0.05) is 38.8 Å². The summed E-state index contributed by atoms with van der Waals surface area (Å²) in [6.45, 7) is 2.71. The van der Waals surface area contributed by atoms with Crippen molar-refractivity contribution in [2.45, 2.75) is 43.8 Å². The Morgan fingerprint density at radius 3 is 2.54 bits per heavy atom. The highest BCUT2D eigenvalue weighted by Crippen LogP contribution is 2.39. The van der Waals surface area contributed by atoms with E-state index in [0.717, 1.165) is 11.4 Å². The number of likely N-dealkylation sites (tertiary alicyclic amines) is 1. The molecule has 3 rings (SSSR count). The van der Waals surface area contributed by atoms with Gasteiger partial charge in [0.15, 0.2) is 0 Å². The first-order valence-electron chi connectivity index (χ1n) is 8.49. The molecule has 0 N–H and O–H groups in total. The summed E-state index contributed by atoms with van der Waals surface area (Å²) in [6.07, 6.45) is 3.66. The van der Waals surface area contributed by atoms with Gasteiger partial charge in [-0.3, -0.25) is 9.78 Å². The van der Waals surface area contributed by atoms with Gasteiger partial charge in [-0.05, 0) is 44.7 Å². The zero-order valence-electron chi connectivity index (χ0n) is 14.5. The Hall–Kier alpha value is -1.47. The average molecular weight is 351 g/mol. The van der Waals surface area contributed by atoms with Gasteiger partial charge in [-0.2, -0.15) is 0 Å². The van der Waals surface area contributed by atoms with E-state index < -0.39 is 15.3 Å². The summed E-state index contributed by atoms with van der Waals surface area (Å²) in [5, 5.41) is -0.524. The molecule has 132 valence electrons. The highest BCUT2D eigenvalue weighted by Gasteiger charge is 2.35. The summed E-state index contributed by atoms with van der Waals surface area (Å²) in [7, 11) is -0.260. The number of sulfonamides is 1. The van der Waals surface area contributed by atoms with Crippen molar-refractivity contribution in [1.82, 2.24) is 14.2 Å². The molecule has 2 aliphatic rings. The van der Waals surface area contributed by atoms with Gasteiger partial charge >= 0.3 is 0 Å². The molecule has 1 aliphatic carbocycles. The summed E-state index contributed by atoms with van der Waals surface area (Å²) in [5.74, 6) is 0.443. The van der Waals surface area contributed by atoms with Gasteiger partial charge in [-0.15, -0.1) is 0 Å². The first-order valence-corrected chi connectivity index (χ1v) is 9.99. The molecule has 0 unspecified atom stereocenters. The minimum Gasteiger partial charge on any atom is -0.337 e. The maximum Gasteiger partial charge on any atom is 0.255 e. The Balaban J connectivity index is 1.77. The lowest BCUT2D eigenvalue weighted by Gasteiger charge is -2.33. The minimum absolute atomic E-state index is 0.110. The van der Waals surface area contributed by atoms with E-state index in [9.17, 15) is 13.2 Å². The van der Waals surface area contributed by atoms with E-state index in [1.54, 1.807) is 19.0 Å². The second-order valence-corrected chi connectivity index (χ2v) is 9.41. The number of pyridine rings is 1. The minimum atomic E-state index is -3.34. The van der Waals surface area contributed by atoms with Gasteiger partial charge in [0.25, 0.3) is 5.91 Å².